The Hall–Kier alpha value is -1.09. The maximum Gasteiger partial charge on any atom is 0.205 e. The van der Waals surface area contributed by atoms with Crippen molar-refractivity contribution in [3.05, 3.63) is 41.9 Å². The molecule has 0 aliphatic heterocycles. The van der Waals surface area contributed by atoms with Gasteiger partial charge in [0.15, 0.2) is 5.76 Å². The van der Waals surface area contributed by atoms with Crippen molar-refractivity contribution in [3.8, 4) is 11.3 Å². The molecule has 0 saturated heterocycles. The molecule has 0 bridgehead atoms. The zero-order valence-corrected chi connectivity index (χ0v) is 10.8. The van der Waals surface area contributed by atoms with Crippen LogP contribution in [0.3, 0.4) is 0 Å². The lowest BCUT2D eigenvalue weighted by molar-refractivity contribution is 0.531. The Morgan fingerprint density at radius 2 is 2.00 bits per heavy atom. The first-order chi connectivity index (χ1) is 7.83. The fourth-order valence-electron chi connectivity index (χ4n) is 1.63. The number of benzene rings is 1. The highest BCUT2D eigenvalue weighted by Gasteiger charge is 2.04. The van der Waals surface area contributed by atoms with Crippen LogP contribution < -0.4 is 0 Å². The van der Waals surface area contributed by atoms with E-state index in [0.29, 0.717) is 11.2 Å². The second kappa shape index (κ2) is 5.30. The first-order valence-electron chi connectivity index (χ1n) is 5.43. The summed E-state index contributed by atoms with van der Waals surface area (Å²) in [5.41, 5.74) is 2.45. The van der Waals surface area contributed by atoms with Crippen molar-refractivity contribution in [3.63, 3.8) is 0 Å². The lowest BCUT2D eigenvalue weighted by Crippen LogP contribution is -1.82. The summed E-state index contributed by atoms with van der Waals surface area (Å²) in [5, 5.41) is 0.654. The molecule has 3 heteroatoms. The van der Waals surface area contributed by atoms with Gasteiger partial charge < -0.3 is 4.42 Å². The number of alkyl halides is 1. The van der Waals surface area contributed by atoms with Gasteiger partial charge in [-0.1, -0.05) is 53.5 Å². The van der Waals surface area contributed by atoms with E-state index in [9.17, 15) is 0 Å². The molecule has 0 fully saturated rings. The van der Waals surface area contributed by atoms with Crippen LogP contribution in [0.15, 0.2) is 34.9 Å². The Morgan fingerprint density at radius 3 is 2.56 bits per heavy atom. The number of aromatic nitrogens is 1. The molecular weight excluding hydrogens is 266 g/mol. The molecule has 0 spiro atoms. The Bertz CT molecular complexity index is 447. The van der Waals surface area contributed by atoms with Crippen LogP contribution >= 0.6 is 15.9 Å². The second-order valence-corrected chi connectivity index (χ2v) is 4.26. The van der Waals surface area contributed by atoms with E-state index < -0.39 is 0 Å². The standard InChI is InChI=1S/C13H14BrNO/c1-2-3-10-4-6-11(7-5-10)12-9-15-13(8-14)16-12/h4-7,9H,2-3,8H2,1H3. The molecule has 0 aliphatic carbocycles. The van der Waals surface area contributed by atoms with Crippen LogP contribution in [-0.4, -0.2) is 4.98 Å². The van der Waals surface area contributed by atoms with E-state index in [1.165, 1.54) is 12.0 Å². The van der Waals surface area contributed by atoms with E-state index in [1.807, 2.05) is 0 Å². The van der Waals surface area contributed by atoms with Crippen molar-refractivity contribution in [2.75, 3.05) is 0 Å². The molecule has 0 radical (unpaired) electrons. The molecule has 0 N–H and O–H groups in total. The van der Waals surface area contributed by atoms with Gasteiger partial charge in [0.1, 0.15) is 0 Å². The van der Waals surface area contributed by atoms with Crippen molar-refractivity contribution in [1.29, 1.82) is 0 Å². The highest BCUT2D eigenvalue weighted by Crippen LogP contribution is 2.21. The Morgan fingerprint density at radius 1 is 1.25 bits per heavy atom. The monoisotopic (exact) mass is 279 g/mol. The smallest absolute Gasteiger partial charge is 0.205 e. The molecule has 0 amide bonds. The minimum absolute atomic E-state index is 0.654. The van der Waals surface area contributed by atoms with Crippen molar-refractivity contribution < 1.29 is 4.42 Å². The van der Waals surface area contributed by atoms with Gasteiger partial charge in [0, 0.05) is 5.56 Å². The van der Waals surface area contributed by atoms with Gasteiger partial charge in [0.05, 0.1) is 11.5 Å². The molecule has 2 nitrogen and oxygen atoms in total. The third kappa shape index (κ3) is 2.53. The maximum atomic E-state index is 5.56. The Labute approximate surface area is 104 Å². The van der Waals surface area contributed by atoms with Gasteiger partial charge in [-0.25, -0.2) is 4.98 Å². The fraction of sp³-hybridized carbons (Fsp3) is 0.308. The van der Waals surface area contributed by atoms with E-state index in [1.54, 1.807) is 6.20 Å². The van der Waals surface area contributed by atoms with E-state index >= 15 is 0 Å². The van der Waals surface area contributed by atoms with Crippen molar-refractivity contribution in [1.82, 2.24) is 4.98 Å². The van der Waals surface area contributed by atoms with Gasteiger partial charge in [-0.15, -0.1) is 0 Å². The minimum Gasteiger partial charge on any atom is -0.440 e. The predicted molar refractivity (Wildman–Crippen MR) is 68.6 cm³/mol. The summed E-state index contributed by atoms with van der Waals surface area (Å²) in [6.07, 6.45) is 4.07. The van der Waals surface area contributed by atoms with Crippen molar-refractivity contribution in [2.24, 2.45) is 0 Å². The van der Waals surface area contributed by atoms with Crippen LogP contribution in [0.4, 0.5) is 0 Å². The predicted octanol–water partition coefficient (Wildman–Crippen LogP) is 4.19. The molecule has 16 heavy (non-hydrogen) atoms. The number of oxazole rings is 1. The summed E-state index contributed by atoms with van der Waals surface area (Å²) in [4.78, 5) is 4.16. The maximum absolute atomic E-state index is 5.56. The molecule has 1 heterocycles. The molecule has 84 valence electrons. The number of halogens is 1. The van der Waals surface area contributed by atoms with Crippen LogP contribution in [0.5, 0.6) is 0 Å². The SMILES string of the molecule is CCCc1ccc(-c2cnc(CBr)o2)cc1. The van der Waals surface area contributed by atoms with Gasteiger partial charge in [-0.3, -0.25) is 0 Å². The average Bonchev–Trinajstić information content (AvgIpc) is 2.79. The first kappa shape index (κ1) is 11.4. The quantitative estimate of drug-likeness (QED) is 0.785. The van der Waals surface area contributed by atoms with Gasteiger partial charge in [-0.2, -0.15) is 0 Å². The molecule has 0 unspecified atom stereocenters. The number of nitrogens with zero attached hydrogens (tertiary/aromatic N) is 1. The summed E-state index contributed by atoms with van der Waals surface area (Å²) in [7, 11) is 0. The van der Waals surface area contributed by atoms with Gasteiger partial charge in [0.2, 0.25) is 5.89 Å². The number of hydrogen-bond donors (Lipinski definition) is 0. The largest absolute Gasteiger partial charge is 0.440 e. The molecule has 1 aromatic carbocycles. The molecule has 2 aromatic rings. The van der Waals surface area contributed by atoms with Crippen LogP contribution in [0.2, 0.25) is 0 Å². The highest BCUT2D eigenvalue weighted by molar-refractivity contribution is 9.08. The zero-order valence-electron chi connectivity index (χ0n) is 9.24. The summed E-state index contributed by atoms with van der Waals surface area (Å²) in [6.45, 7) is 2.19. The number of rotatable bonds is 4. The van der Waals surface area contributed by atoms with E-state index in [0.717, 1.165) is 17.7 Å². The summed E-state index contributed by atoms with van der Waals surface area (Å²) >= 11 is 3.32. The topological polar surface area (TPSA) is 26.0 Å². The highest BCUT2D eigenvalue weighted by atomic mass is 79.9. The van der Waals surface area contributed by atoms with Crippen LogP contribution in [0, 0.1) is 0 Å². The lowest BCUT2D eigenvalue weighted by atomic mass is 10.1. The van der Waals surface area contributed by atoms with E-state index in [2.05, 4.69) is 52.1 Å². The molecule has 0 atom stereocenters. The summed E-state index contributed by atoms with van der Waals surface area (Å²) in [6, 6.07) is 8.47. The third-order valence-electron chi connectivity index (χ3n) is 2.45. The fourth-order valence-corrected chi connectivity index (χ4v) is 1.89. The van der Waals surface area contributed by atoms with Gasteiger partial charge >= 0.3 is 0 Å². The lowest BCUT2D eigenvalue weighted by Gasteiger charge is -2.00. The number of hydrogen-bond acceptors (Lipinski definition) is 2. The molecule has 1 aromatic heterocycles. The zero-order chi connectivity index (χ0) is 11.4. The summed E-state index contributed by atoms with van der Waals surface area (Å²) in [5.74, 6) is 1.55. The van der Waals surface area contributed by atoms with Crippen LogP contribution in [0.1, 0.15) is 24.8 Å². The van der Waals surface area contributed by atoms with Gasteiger partial charge in [-0.05, 0) is 12.0 Å². The van der Waals surface area contributed by atoms with Crippen molar-refractivity contribution >= 4 is 15.9 Å². The average molecular weight is 280 g/mol. The van der Waals surface area contributed by atoms with E-state index in [4.69, 9.17) is 4.42 Å². The molecular formula is C13H14BrNO. The summed E-state index contributed by atoms with van der Waals surface area (Å²) < 4.78 is 5.56. The van der Waals surface area contributed by atoms with E-state index in [-0.39, 0.29) is 0 Å². The Balaban J connectivity index is 2.20. The Kier molecular flexibility index (Phi) is 3.78. The van der Waals surface area contributed by atoms with Crippen molar-refractivity contribution in [2.45, 2.75) is 25.1 Å². The number of aryl methyl sites for hydroxylation is 1. The molecule has 2 rings (SSSR count). The molecule has 0 aliphatic rings. The normalized spacial score (nSPS) is 10.6. The van der Waals surface area contributed by atoms with Gasteiger partial charge in [0.25, 0.3) is 0 Å². The second-order valence-electron chi connectivity index (χ2n) is 3.70. The molecule has 0 saturated carbocycles. The third-order valence-corrected chi connectivity index (χ3v) is 2.92. The van der Waals surface area contributed by atoms with Crippen LogP contribution in [0.25, 0.3) is 11.3 Å². The minimum atomic E-state index is 0.654. The first-order valence-corrected chi connectivity index (χ1v) is 6.55. The van der Waals surface area contributed by atoms with Crippen LogP contribution in [-0.2, 0) is 11.8 Å².